The maximum atomic E-state index is 5.98. The van der Waals surface area contributed by atoms with Crippen LogP contribution in [0.15, 0.2) is 24.4 Å². The standard InChI is InChI=1S/C16H21ClN4S/c1-11-5-6-15(12(2)9-11)20-16(22)18-7-4-8-21-13(3)14(17)10-19-21/h5-6,9-10H,4,7-8H2,1-3H3,(H2,18,20,22). The first-order chi connectivity index (χ1) is 10.5. The normalized spacial score (nSPS) is 10.5. The Hall–Kier alpha value is -1.59. The van der Waals surface area contributed by atoms with E-state index in [2.05, 4.69) is 41.7 Å². The number of rotatable bonds is 5. The van der Waals surface area contributed by atoms with Crippen molar-refractivity contribution in [2.24, 2.45) is 0 Å². The summed E-state index contributed by atoms with van der Waals surface area (Å²) in [5, 5.41) is 12.0. The number of halogens is 1. The molecule has 1 aromatic heterocycles. The molecular weight excluding hydrogens is 316 g/mol. The van der Waals surface area contributed by atoms with Crippen LogP contribution in [-0.4, -0.2) is 21.4 Å². The van der Waals surface area contributed by atoms with Crippen LogP contribution in [0.1, 0.15) is 23.2 Å². The summed E-state index contributed by atoms with van der Waals surface area (Å²) < 4.78 is 1.91. The van der Waals surface area contributed by atoms with Crippen LogP contribution in [0.2, 0.25) is 5.02 Å². The summed E-state index contributed by atoms with van der Waals surface area (Å²) in [6.45, 7) is 7.72. The Bertz CT molecular complexity index is 666. The minimum absolute atomic E-state index is 0.641. The van der Waals surface area contributed by atoms with E-state index in [0.29, 0.717) is 10.1 Å². The van der Waals surface area contributed by atoms with Crippen LogP contribution < -0.4 is 10.6 Å². The number of hydrogen-bond acceptors (Lipinski definition) is 2. The Labute approximate surface area is 141 Å². The van der Waals surface area contributed by atoms with Crippen LogP contribution in [0.25, 0.3) is 0 Å². The van der Waals surface area contributed by atoms with Crippen molar-refractivity contribution in [1.29, 1.82) is 0 Å². The predicted molar refractivity (Wildman–Crippen MR) is 96.7 cm³/mol. The quantitative estimate of drug-likeness (QED) is 0.643. The second-order valence-electron chi connectivity index (χ2n) is 5.35. The third-order valence-electron chi connectivity index (χ3n) is 3.51. The summed E-state index contributed by atoms with van der Waals surface area (Å²) in [5.41, 5.74) is 4.47. The maximum absolute atomic E-state index is 5.98. The lowest BCUT2D eigenvalue weighted by atomic mass is 10.1. The minimum atomic E-state index is 0.641. The largest absolute Gasteiger partial charge is 0.362 e. The Morgan fingerprint density at radius 3 is 2.73 bits per heavy atom. The number of thiocarbonyl (C=S) groups is 1. The first kappa shape index (κ1) is 16.8. The molecule has 0 atom stereocenters. The Morgan fingerprint density at radius 2 is 2.09 bits per heavy atom. The molecule has 118 valence electrons. The van der Waals surface area contributed by atoms with Gasteiger partial charge in [-0.05, 0) is 51.0 Å². The summed E-state index contributed by atoms with van der Waals surface area (Å²) in [5.74, 6) is 0. The molecule has 0 bridgehead atoms. The predicted octanol–water partition coefficient (Wildman–Crippen LogP) is 3.84. The lowest BCUT2D eigenvalue weighted by Crippen LogP contribution is -2.30. The lowest BCUT2D eigenvalue weighted by Gasteiger charge is -2.13. The molecule has 0 aliphatic rings. The third kappa shape index (κ3) is 4.45. The molecule has 1 aromatic carbocycles. The molecule has 0 spiro atoms. The van der Waals surface area contributed by atoms with Crippen molar-refractivity contribution in [2.75, 3.05) is 11.9 Å². The zero-order chi connectivity index (χ0) is 16.1. The molecule has 0 unspecified atom stereocenters. The summed E-state index contributed by atoms with van der Waals surface area (Å²) in [4.78, 5) is 0. The number of nitrogens with zero attached hydrogens (tertiary/aromatic N) is 2. The molecule has 2 rings (SSSR count). The van der Waals surface area contributed by atoms with E-state index in [1.54, 1.807) is 6.20 Å². The van der Waals surface area contributed by atoms with E-state index in [-0.39, 0.29) is 0 Å². The van der Waals surface area contributed by atoms with Gasteiger partial charge in [0.2, 0.25) is 0 Å². The Balaban J connectivity index is 1.75. The van der Waals surface area contributed by atoms with E-state index >= 15 is 0 Å². The summed E-state index contributed by atoms with van der Waals surface area (Å²) in [7, 11) is 0. The molecule has 0 aliphatic heterocycles. The molecule has 0 amide bonds. The fraction of sp³-hybridized carbons (Fsp3) is 0.375. The van der Waals surface area contributed by atoms with Gasteiger partial charge in [-0.2, -0.15) is 5.10 Å². The molecule has 0 aliphatic carbocycles. The van der Waals surface area contributed by atoms with Crippen molar-refractivity contribution < 1.29 is 0 Å². The Kier molecular flexibility index (Phi) is 5.80. The minimum Gasteiger partial charge on any atom is -0.362 e. The highest BCUT2D eigenvalue weighted by Crippen LogP contribution is 2.16. The van der Waals surface area contributed by atoms with E-state index in [1.807, 2.05) is 17.7 Å². The number of benzene rings is 1. The highest BCUT2D eigenvalue weighted by atomic mass is 35.5. The average Bonchev–Trinajstić information content (AvgIpc) is 2.78. The van der Waals surface area contributed by atoms with Crippen molar-refractivity contribution in [3.05, 3.63) is 46.2 Å². The van der Waals surface area contributed by atoms with Gasteiger partial charge in [0.15, 0.2) is 5.11 Å². The van der Waals surface area contributed by atoms with Gasteiger partial charge in [-0.15, -0.1) is 0 Å². The van der Waals surface area contributed by atoms with Crippen molar-refractivity contribution in [3.63, 3.8) is 0 Å². The molecule has 2 aromatic rings. The molecule has 2 N–H and O–H groups in total. The lowest BCUT2D eigenvalue weighted by molar-refractivity contribution is 0.561. The van der Waals surface area contributed by atoms with E-state index in [4.69, 9.17) is 23.8 Å². The monoisotopic (exact) mass is 336 g/mol. The molecular formula is C16H21ClN4S. The van der Waals surface area contributed by atoms with Gasteiger partial charge in [0.1, 0.15) is 0 Å². The van der Waals surface area contributed by atoms with Crippen LogP contribution >= 0.6 is 23.8 Å². The van der Waals surface area contributed by atoms with Crippen LogP contribution in [0.3, 0.4) is 0 Å². The topological polar surface area (TPSA) is 41.9 Å². The van der Waals surface area contributed by atoms with Crippen molar-refractivity contribution in [3.8, 4) is 0 Å². The van der Waals surface area contributed by atoms with Gasteiger partial charge in [-0.25, -0.2) is 0 Å². The molecule has 22 heavy (non-hydrogen) atoms. The van der Waals surface area contributed by atoms with E-state index in [9.17, 15) is 0 Å². The van der Waals surface area contributed by atoms with Gasteiger partial charge in [-0.1, -0.05) is 29.3 Å². The van der Waals surface area contributed by atoms with Gasteiger partial charge < -0.3 is 10.6 Å². The smallest absolute Gasteiger partial charge is 0.170 e. The van der Waals surface area contributed by atoms with E-state index in [1.165, 1.54) is 11.1 Å². The second-order valence-corrected chi connectivity index (χ2v) is 6.17. The second kappa shape index (κ2) is 7.61. The van der Waals surface area contributed by atoms with Gasteiger partial charge in [-0.3, -0.25) is 4.68 Å². The SMILES string of the molecule is Cc1ccc(NC(=S)NCCCn2ncc(Cl)c2C)c(C)c1. The van der Waals surface area contributed by atoms with Crippen LogP contribution in [0.5, 0.6) is 0 Å². The number of hydrogen-bond donors (Lipinski definition) is 2. The molecule has 4 nitrogen and oxygen atoms in total. The van der Waals surface area contributed by atoms with Gasteiger partial charge in [0.25, 0.3) is 0 Å². The summed E-state index contributed by atoms with van der Waals surface area (Å²) in [6.07, 6.45) is 2.60. The van der Waals surface area contributed by atoms with Gasteiger partial charge in [0, 0.05) is 18.8 Å². The van der Waals surface area contributed by atoms with Crippen LogP contribution in [-0.2, 0) is 6.54 Å². The average molecular weight is 337 g/mol. The number of anilines is 1. The van der Waals surface area contributed by atoms with Crippen molar-refractivity contribution in [2.45, 2.75) is 33.7 Å². The van der Waals surface area contributed by atoms with E-state index in [0.717, 1.165) is 30.9 Å². The van der Waals surface area contributed by atoms with Crippen LogP contribution in [0, 0.1) is 20.8 Å². The number of nitrogens with one attached hydrogen (secondary N) is 2. The molecule has 0 saturated heterocycles. The van der Waals surface area contributed by atoms with Crippen molar-refractivity contribution >= 4 is 34.6 Å². The Morgan fingerprint density at radius 1 is 1.32 bits per heavy atom. The third-order valence-corrected chi connectivity index (χ3v) is 4.12. The summed E-state index contributed by atoms with van der Waals surface area (Å²) >= 11 is 11.3. The van der Waals surface area contributed by atoms with Gasteiger partial charge >= 0.3 is 0 Å². The zero-order valence-electron chi connectivity index (χ0n) is 13.1. The highest BCUT2D eigenvalue weighted by Gasteiger charge is 2.04. The molecule has 6 heteroatoms. The first-order valence-electron chi connectivity index (χ1n) is 7.27. The van der Waals surface area contributed by atoms with Crippen molar-refractivity contribution in [1.82, 2.24) is 15.1 Å². The fourth-order valence-electron chi connectivity index (χ4n) is 2.20. The molecule has 0 fully saturated rings. The highest BCUT2D eigenvalue weighted by molar-refractivity contribution is 7.80. The van der Waals surface area contributed by atoms with Crippen LogP contribution in [0.4, 0.5) is 5.69 Å². The molecule has 1 heterocycles. The first-order valence-corrected chi connectivity index (χ1v) is 8.06. The maximum Gasteiger partial charge on any atom is 0.170 e. The van der Waals surface area contributed by atoms with E-state index < -0.39 is 0 Å². The fourth-order valence-corrected chi connectivity index (χ4v) is 2.55. The number of aryl methyl sites for hydroxylation is 3. The number of aromatic nitrogens is 2. The zero-order valence-corrected chi connectivity index (χ0v) is 14.7. The summed E-state index contributed by atoms with van der Waals surface area (Å²) in [6, 6.07) is 6.26. The molecule has 0 saturated carbocycles. The molecule has 0 radical (unpaired) electrons. The van der Waals surface area contributed by atoms with Gasteiger partial charge in [0.05, 0.1) is 16.9 Å².